The van der Waals surface area contributed by atoms with Crippen LogP contribution in [-0.4, -0.2) is 47.1 Å². The summed E-state index contributed by atoms with van der Waals surface area (Å²) in [6.07, 6.45) is 4.29. The number of thiophene rings is 1. The number of aliphatic hydroxyl groups excluding tert-OH is 2. The Morgan fingerprint density at radius 1 is 1.26 bits per heavy atom. The second-order valence-electron chi connectivity index (χ2n) is 9.17. The minimum atomic E-state index is -0.346. The zero-order chi connectivity index (χ0) is 21.6. The van der Waals surface area contributed by atoms with Crippen molar-refractivity contribution < 1.29 is 14.9 Å². The molecule has 2 fully saturated rings. The van der Waals surface area contributed by atoms with E-state index >= 15 is 0 Å². The number of likely N-dealkylation sites (tertiary alicyclic amines) is 1. The molecule has 2 aromatic rings. The van der Waals surface area contributed by atoms with Crippen LogP contribution in [0, 0.1) is 0 Å². The Bertz CT molecular complexity index is 934. The zero-order valence-electron chi connectivity index (χ0n) is 18.0. The summed E-state index contributed by atoms with van der Waals surface area (Å²) in [5.41, 5.74) is 4.27. The van der Waals surface area contributed by atoms with Gasteiger partial charge in [0.15, 0.2) is 0 Å². The van der Waals surface area contributed by atoms with Gasteiger partial charge in [0, 0.05) is 41.8 Å². The van der Waals surface area contributed by atoms with Gasteiger partial charge < -0.3 is 19.8 Å². The van der Waals surface area contributed by atoms with E-state index in [0.717, 1.165) is 67.3 Å². The number of hydrogen-bond donors (Lipinski definition) is 2. The van der Waals surface area contributed by atoms with Crippen molar-refractivity contribution in [1.29, 1.82) is 0 Å². The van der Waals surface area contributed by atoms with E-state index in [0.29, 0.717) is 12.6 Å². The largest absolute Gasteiger partial charge is 0.392 e. The third-order valence-corrected chi connectivity index (χ3v) is 9.00. The Labute approximate surface area is 193 Å². The SMILES string of the molecule is C[C@H]1C[C@@]2(CCN1Cc1ccc(N3CCCC3O)cc1)OCCc1c2sc(Cl)c1CO. The van der Waals surface area contributed by atoms with Crippen molar-refractivity contribution >= 4 is 28.6 Å². The third-order valence-electron chi connectivity index (χ3n) is 7.30. The molecule has 0 saturated carbocycles. The molecule has 0 amide bonds. The average Bonchev–Trinajstić information content (AvgIpc) is 3.34. The Morgan fingerprint density at radius 3 is 2.74 bits per heavy atom. The Hall–Kier alpha value is -1.15. The monoisotopic (exact) mass is 462 g/mol. The van der Waals surface area contributed by atoms with E-state index < -0.39 is 0 Å². The molecule has 0 aliphatic carbocycles. The summed E-state index contributed by atoms with van der Waals surface area (Å²) in [5, 5.41) is 19.9. The summed E-state index contributed by atoms with van der Waals surface area (Å²) >= 11 is 8.06. The van der Waals surface area contributed by atoms with Crippen LogP contribution in [0.1, 0.15) is 54.2 Å². The zero-order valence-corrected chi connectivity index (χ0v) is 19.6. The maximum atomic E-state index is 10.1. The fourth-order valence-electron chi connectivity index (χ4n) is 5.58. The van der Waals surface area contributed by atoms with Gasteiger partial charge in [-0.15, -0.1) is 11.3 Å². The maximum Gasteiger partial charge on any atom is 0.126 e. The number of fused-ring (bicyclic) bond motifs is 2. The van der Waals surface area contributed by atoms with E-state index in [1.165, 1.54) is 16.0 Å². The molecular formula is C24H31ClN2O3S. The molecule has 5 nitrogen and oxygen atoms in total. The van der Waals surface area contributed by atoms with Crippen molar-refractivity contribution in [3.63, 3.8) is 0 Å². The first-order valence-corrected chi connectivity index (χ1v) is 12.5. The first kappa shape index (κ1) is 21.7. The number of rotatable bonds is 4. The molecule has 7 heteroatoms. The van der Waals surface area contributed by atoms with Crippen molar-refractivity contribution in [1.82, 2.24) is 4.90 Å². The van der Waals surface area contributed by atoms with E-state index in [4.69, 9.17) is 16.3 Å². The Balaban J connectivity index is 1.28. The number of ether oxygens (including phenoxy) is 1. The summed E-state index contributed by atoms with van der Waals surface area (Å²) < 4.78 is 7.13. The van der Waals surface area contributed by atoms with Crippen LogP contribution >= 0.6 is 22.9 Å². The van der Waals surface area contributed by atoms with Gasteiger partial charge in [-0.05, 0) is 62.3 Å². The molecule has 168 valence electrons. The van der Waals surface area contributed by atoms with Gasteiger partial charge in [-0.2, -0.15) is 0 Å². The van der Waals surface area contributed by atoms with Crippen LogP contribution in [0.2, 0.25) is 4.34 Å². The molecule has 1 aromatic carbocycles. The number of aliphatic hydroxyl groups is 2. The highest BCUT2D eigenvalue weighted by atomic mass is 35.5. The second kappa shape index (κ2) is 8.65. The lowest BCUT2D eigenvalue weighted by atomic mass is 9.81. The van der Waals surface area contributed by atoms with Crippen LogP contribution in [0.5, 0.6) is 0 Å². The highest BCUT2D eigenvalue weighted by Crippen LogP contribution is 2.50. The topological polar surface area (TPSA) is 56.2 Å². The molecule has 3 aliphatic heterocycles. The van der Waals surface area contributed by atoms with Crippen LogP contribution in [-0.2, 0) is 29.9 Å². The normalized spacial score (nSPS) is 29.0. The lowest BCUT2D eigenvalue weighted by Crippen LogP contribution is -2.50. The minimum Gasteiger partial charge on any atom is -0.392 e. The molecular weight excluding hydrogens is 432 g/mol. The van der Waals surface area contributed by atoms with Crippen molar-refractivity contribution in [2.75, 3.05) is 24.6 Å². The minimum absolute atomic E-state index is 0.00682. The first-order valence-electron chi connectivity index (χ1n) is 11.3. The van der Waals surface area contributed by atoms with Gasteiger partial charge in [0.05, 0.1) is 17.6 Å². The predicted octanol–water partition coefficient (Wildman–Crippen LogP) is 4.26. The molecule has 1 spiro atoms. The van der Waals surface area contributed by atoms with E-state index in [1.54, 1.807) is 11.3 Å². The number of benzene rings is 1. The lowest BCUT2D eigenvalue weighted by Gasteiger charge is -2.47. The molecule has 31 heavy (non-hydrogen) atoms. The summed E-state index contributed by atoms with van der Waals surface area (Å²) in [5.74, 6) is 0. The molecule has 3 atom stereocenters. The van der Waals surface area contributed by atoms with Gasteiger partial charge in [0.2, 0.25) is 0 Å². The Kier molecular flexibility index (Phi) is 6.05. The average molecular weight is 463 g/mol. The second-order valence-corrected chi connectivity index (χ2v) is 10.8. The van der Waals surface area contributed by atoms with Crippen LogP contribution in [0.3, 0.4) is 0 Å². The van der Waals surface area contributed by atoms with Gasteiger partial charge in [-0.25, -0.2) is 0 Å². The standard InChI is InChI=1S/C24H31ClN2O3S/c1-16-13-24(22-19(8-12-30-24)20(15-28)23(25)31-22)9-11-26(16)14-17-4-6-18(7-5-17)27-10-2-3-21(27)29/h4-7,16,21,28-29H,2-3,8-15H2,1H3/t16-,21?,24+/m0/s1. The molecule has 0 radical (unpaired) electrons. The molecule has 3 aliphatic rings. The maximum absolute atomic E-state index is 10.1. The smallest absolute Gasteiger partial charge is 0.126 e. The molecule has 5 rings (SSSR count). The molecule has 2 N–H and O–H groups in total. The number of halogens is 1. The van der Waals surface area contributed by atoms with Crippen molar-refractivity contribution in [2.45, 2.75) is 70.1 Å². The fraction of sp³-hybridized carbons (Fsp3) is 0.583. The number of hydrogen-bond acceptors (Lipinski definition) is 6. The third kappa shape index (κ3) is 3.92. The van der Waals surface area contributed by atoms with Crippen LogP contribution in [0.25, 0.3) is 0 Å². The molecule has 4 heterocycles. The first-order chi connectivity index (χ1) is 15.0. The van der Waals surface area contributed by atoms with Gasteiger partial charge in [0.25, 0.3) is 0 Å². The van der Waals surface area contributed by atoms with Crippen molar-refractivity contribution in [2.24, 2.45) is 0 Å². The summed E-state index contributed by atoms with van der Waals surface area (Å²) in [7, 11) is 0. The number of anilines is 1. The summed E-state index contributed by atoms with van der Waals surface area (Å²) in [4.78, 5) is 5.86. The van der Waals surface area contributed by atoms with Crippen LogP contribution in [0.15, 0.2) is 24.3 Å². The van der Waals surface area contributed by atoms with E-state index in [-0.39, 0.29) is 18.4 Å². The van der Waals surface area contributed by atoms with Crippen LogP contribution in [0.4, 0.5) is 5.69 Å². The predicted molar refractivity (Wildman–Crippen MR) is 125 cm³/mol. The number of nitrogens with zero attached hydrogens (tertiary/aromatic N) is 2. The summed E-state index contributed by atoms with van der Waals surface area (Å²) in [6.45, 7) is 5.81. The van der Waals surface area contributed by atoms with Gasteiger partial charge in [-0.1, -0.05) is 23.7 Å². The van der Waals surface area contributed by atoms with E-state index in [9.17, 15) is 10.2 Å². The van der Waals surface area contributed by atoms with Gasteiger partial charge in [-0.3, -0.25) is 4.90 Å². The summed E-state index contributed by atoms with van der Waals surface area (Å²) in [6, 6.07) is 9.05. The molecule has 1 aromatic heterocycles. The quantitative estimate of drug-likeness (QED) is 0.710. The highest BCUT2D eigenvalue weighted by Gasteiger charge is 2.45. The van der Waals surface area contributed by atoms with Crippen molar-refractivity contribution in [3.05, 3.63) is 50.2 Å². The lowest BCUT2D eigenvalue weighted by molar-refractivity contribution is -0.110. The van der Waals surface area contributed by atoms with E-state index in [2.05, 4.69) is 41.0 Å². The van der Waals surface area contributed by atoms with Crippen LogP contribution < -0.4 is 4.90 Å². The van der Waals surface area contributed by atoms with Gasteiger partial charge >= 0.3 is 0 Å². The molecule has 0 bridgehead atoms. The highest BCUT2D eigenvalue weighted by molar-refractivity contribution is 7.16. The van der Waals surface area contributed by atoms with E-state index in [1.807, 2.05) is 0 Å². The number of piperidine rings is 1. The van der Waals surface area contributed by atoms with Gasteiger partial charge in [0.1, 0.15) is 11.8 Å². The Morgan fingerprint density at radius 2 is 2.06 bits per heavy atom. The molecule has 1 unspecified atom stereocenters. The fourth-order valence-corrected chi connectivity index (χ4v) is 7.25. The van der Waals surface area contributed by atoms with Crippen molar-refractivity contribution in [3.8, 4) is 0 Å². The molecule has 2 saturated heterocycles.